The smallest absolute Gasteiger partial charge is 0.344 e. The van der Waals surface area contributed by atoms with E-state index in [1.54, 1.807) is 27.7 Å². The zero-order chi connectivity index (χ0) is 71.0. The Labute approximate surface area is 577 Å². The molecular weight excluding hydrogens is 1240 g/mol. The molecule has 16 bridgehead atoms. The van der Waals surface area contributed by atoms with Gasteiger partial charge < -0.3 is 58.3 Å². The number of hydrogen-bond acceptors (Lipinski definition) is 20. The molecule has 0 aliphatic heterocycles. The molecular formula is C77H122O20. The van der Waals surface area contributed by atoms with Crippen LogP contribution in [0, 0.1) is 85.8 Å². The van der Waals surface area contributed by atoms with Crippen LogP contribution in [0.15, 0.2) is 0 Å². The summed E-state index contributed by atoms with van der Waals surface area (Å²) < 4.78 is 43.1. The molecule has 0 aromatic carbocycles. The molecule has 0 amide bonds. The Balaban J connectivity index is 0.000000152. The van der Waals surface area contributed by atoms with Crippen molar-refractivity contribution in [1.82, 2.24) is 0 Å². The molecule has 550 valence electrons. The van der Waals surface area contributed by atoms with Crippen molar-refractivity contribution in [1.29, 1.82) is 0 Å². The quantitative estimate of drug-likeness (QED) is 0.0488. The van der Waals surface area contributed by atoms with E-state index in [2.05, 4.69) is 0 Å². The molecule has 0 radical (unpaired) electrons. The molecule has 0 saturated heterocycles. The Hall–Kier alpha value is -4.40. The molecule has 16 aliphatic rings. The summed E-state index contributed by atoms with van der Waals surface area (Å²) in [7, 11) is 0. The summed E-state index contributed by atoms with van der Waals surface area (Å²) in [4.78, 5) is 96.9. The van der Waals surface area contributed by atoms with Gasteiger partial charge in [-0.05, 0) is 268 Å². The van der Waals surface area contributed by atoms with Crippen molar-refractivity contribution in [3.63, 3.8) is 0 Å². The lowest BCUT2D eigenvalue weighted by Gasteiger charge is -2.59. The summed E-state index contributed by atoms with van der Waals surface area (Å²) in [6.45, 7) is 22.1. The average molecular weight is 1370 g/mol. The number of hydrogen-bond donors (Lipinski definition) is 4. The van der Waals surface area contributed by atoms with Crippen LogP contribution in [0.3, 0.4) is 0 Å². The van der Waals surface area contributed by atoms with E-state index in [4.69, 9.17) is 37.9 Å². The predicted octanol–water partition coefficient (Wildman–Crippen LogP) is 11.9. The van der Waals surface area contributed by atoms with Crippen molar-refractivity contribution in [3.8, 4) is 0 Å². The summed E-state index contributed by atoms with van der Waals surface area (Å²) in [5, 5.41) is 42.4. The number of esters is 8. The van der Waals surface area contributed by atoms with E-state index in [1.165, 1.54) is 6.42 Å². The maximum absolute atomic E-state index is 12.3. The van der Waals surface area contributed by atoms with Crippen molar-refractivity contribution in [2.75, 3.05) is 39.6 Å². The third-order valence-corrected chi connectivity index (χ3v) is 26.5. The topological polar surface area (TPSA) is 291 Å². The van der Waals surface area contributed by atoms with Crippen LogP contribution in [0.4, 0.5) is 0 Å². The SMILES string of the molecule is CCC(C)(C)C(=O)OCC(=O)OCC12CC3CC(C1)C(O)C(C3)C2.CCC(C)(C)C(=O)OCC(=O)OCC12CC3CC(CC(O)(C3)C1)C2.CCC(C)(CC)C(=O)OCC(=O)OC12CC3CC(CC(O)(C3)C1)C2.CCCC(C)(CC)C(=O)OCC(=O)OC12CC3CC(CC(O)(C3)C1)C2. The average Bonchev–Trinajstić information content (AvgIpc) is 0.750. The Kier molecular flexibility index (Phi) is 23.4. The first kappa shape index (κ1) is 76.8. The first-order valence-corrected chi connectivity index (χ1v) is 37.6. The fourth-order valence-corrected chi connectivity index (χ4v) is 21.5. The summed E-state index contributed by atoms with van der Waals surface area (Å²) in [6.07, 6.45) is 26.0. The first-order valence-electron chi connectivity index (χ1n) is 37.6. The molecule has 9 unspecified atom stereocenters. The highest BCUT2D eigenvalue weighted by Gasteiger charge is 2.62. The molecule has 0 aromatic rings. The fraction of sp³-hybridized carbons (Fsp3) is 0.896. The summed E-state index contributed by atoms with van der Waals surface area (Å²) in [6, 6.07) is 0. The van der Waals surface area contributed by atoms with Crippen LogP contribution in [-0.2, 0) is 76.3 Å². The van der Waals surface area contributed by atoms with Gasteiger partial charge in [0.05, 0.1) is 57.8 Å². The standard InChI is InChI=1S/C20H32O5.3C19H30O5/c1-4-6-18(3,5-2)17(22)24-12-16(21)25-20-10-14-7-15(11-20)9-19(23,8-14)13-20;1-4-17(2,3)16(21)23-10-15(20)24-12-18-6-13-5-14(7-18)9-19(22,8-13)11-18;1-4-18(2,3)17(22)23-10-15(20)24-11-19-7-12-5-13(8-19)16(21)14(6-12)9-19;1-4-17(3,5-2)16(21)23-11-15(20)24-19-9-13-6-14(10-19)8-18(22,7-13)12-19/h14-15,23H,4-13H2,1-3H3;13-14,22H,4-12H2,1-3H3;12-14,16,21H,4-11H2,1-3H3;13-14,22H,4-12H2,1-3H3. The minimum absolute atomic E-state index is 0.0398. The minimum Gasteiger partial charge on any atom is -0.463 e. The van der Waals surface area contributed by atoms with Gasteiger partial charge in [0.2, 0.25) is 0 Å². The second kappa shape index (κ2) is 29.5. The summed E-state index contributed by atoms with van der Waals surface area (Å²) in [5.74, 6) is 1.06. The van der Waals surface area contributed by atoms with E-state index in [0.29, 0.717) is 111 Å². The van der Waals surface area contributed by atoms with Crippen LogP contribution in [0.5, 0.6) is 0 Å². The Morgan fingerprint density at radius 3 is 1.04 bits per heavy atom. The van der Waals surface area contributed by atoms with Crippen LogP contribution >= 0.6 is 0 Å². The van der Waals surface area contributed by atoms with Crippen LogP contribution < -0.4 is 0 Å². The summed E-state index contributed by atoms with van der Waals surface area (Å²) in [5.41, 5.74) is -5.22. The van der Waals surface area contributed by atoms with Gasteiger partial charge in [-0.1, -0.05) is 48.0 Å². The minimum atomic E-state index is -0.664. The summed E-state index contributed by atoms with van der Waals surface area (Å²) >= 11 is 0. The van der Waals surface area contributed by atoms with E-state index in [9.17, 15) is 58.8 Å². The molecule has 0 heterocycles. The lowest BCUT2D eigenvalue weighted by atomic mass is 9.48. The second-order valence-electron chi connectivity index (χ2n) is 35.9. The van der Waals surface area contributed by atoms with Crippen molar-refractivity contribution < 1.29 is 96.7 Å². The number of aliphatic hydroxyl groups excluding tert-OH is 1. The molecule has 20 nitrogen and oxygen atoms in total. The third kappa shape index (κ3) is 18.1. The largest absolute Gasteiger partial charge is 0.463 e. The Morgan fingerprint density at radius 1 is 0.361 bits per heavy atom. The van der Waals surface area contributed by atoms with Crippen LogP contribution in [0.25, 0.3) is 0 Å². The highest BCUT2D eigenvalue weighted by Crippen LogP contribution is 2.64. The van der Waals surface area contributed by atoms with Gasteiger partial charge in [0.25, 0.3) is 0 Å². The van der Waals surface area contributed by atoms with Gasteiger partial charge in [0, 0.05) is 23.7 Å². The molecule has 16 saturated carbocycles. The van der Waals surface area contributed by atoms with Crippen molar-refractivity contribution in [2.45, 2.75) is 310 Å². The van der Waals surface area contributed by atoms with Crippen LogP contribution in [0.1, 0.15) is 276 Å². The lowest BCUT2D eigenvalue weighted by Crippen LogP contribution is -2.60. The predicted molar refractivity (Wildman–Crippen MR) is 357 cm³/mol. The van der Waals surface area contributed by atoms with Crippen LogP contribution in [-0.4, -0.2) is 142 Å². The third-order valence-electron chi connectivity index (χ3n) is 26.5. The maximum atomic E-state index is 12.3. The van der Waals surface area contributed by atoms with E-state index in [1.807, 2.05) is 55.4 Å². The molecule has 0 spiro atoms. The zero-order valence-electron chi connectivity index (χ0n) is 61.1. The number of carbonyl (C=O) groups excluding carboxylic acids is 8. The lowest BCUT2D eigenvalue weighted by molar-refractivity contribution is -0.223. The number of aliphatic hydroxyl groups is 4. The molecule has 16 rings (SSSR count). The zero-order valence-corrected chi connectivity index (χ0v) is 61.1. The van der Waals surface area contributed by atoms with Gasteiger partial charge in [-0.3, -0.25) is 19.2 Å². The van der Waals surface area contributed by atoms with Gasteiger partial charge >= 0.3 is 47.8 Å². The van der Waals surface area contributed by atoms with Gasteiger partial charge in [0.1, 0.15) is 11.2 Å². The molecule has 16 fully saturated rings. The first-order chi connectivity index (χ1) is 45.3. The monoisotopic (exact) mass is 1370 g/mol. The van der Waals surface area contributed by atoms with E-state index in [-0.39, 0.29) is 67.2 Å². The van der Waals surface area contributed by atoms with Crippen molar-refractivity contribution in [2.24, 2.45) is 85.8 Å². The van der Waals surface area contributed by atoms with Gasteiger partial charge in [-0.25, -0.2) is 19.2 Å². The highest BCUT2D eigenvalue weighted by molar-refractivity contribution is 5.82. The highest BCUT2D eigenvalue weighted by atomic mass is 16.6. The van der Waals surface area contributed by atoms with Crippen molar-refractivity contribution >= 4 is 47.8 Å². The van der Waals surface area contributed by atoms with Gasteiger partial charge in [-0.2, -0.15) is 0 Å². The normalized spacial score (nSPS) is 37.6. The van der Waals surface area contributed by atoms with E-state index >= 15 is 0 Å². The molecule has 4 N–H and O–H groups in total. The number of carbonyl (C=O) groups is 8. The van der Waals surface area contributed by atoms with Crippen molar-refractivity contribution in [3.05, 3.63) is 0 Å². The van der Waals surface area contributed by atoms with Gasteiger partial charge in [0.15, 0.2) is 26.4 Å². The van der Waals surface area contributed by atoms with E-state index in [0.717, 1.165) is 141 Å². The molecule has 16 aliphatic carbocycles. The second-order valence-corrected chi connectivity index (χ2v) is 35.9. The number of ether oxygens (including phenoxy) is 8. The molecule has 97 heavy (non-hydrogen) atoms. The molecule has 20 heteroatoms. The number of rotatable bonds is 25. The van der Waals surface area contributed by atoms with Gasteiger partial charge in [-0.15, -0.1) is 0 Å². The van der Waals surface area contributed by atoms with E-state index < -0.39 is 73.5 Å². The fourth-order valence-electron chi connectivity index (χ4n) is 21.5. The Morgan fingerprint density at radius 2 is 0.691 bits per heavy atom. The van der Waals surface area contributed by atoms with Crippen LogP contribution in [0.2, 0.25) is 0 Å². The molecule has 9 atom stereocenters. The Bertz CT molecular complexity index is 2790. The maximum Gasteiger partial charge on any atom is 0.344 e. The molecule has 0 aromatic heterocycles.